The summed E-state index contributed by atoms with van der Waals surface area (Å²) >= 11 is 0. The third-order valence-corrected chi connectivity index (χ3v) is 4.55. The summed E-state index contributed by atoms with van der Waals surface area (Å²) in [6.07, 6.45) is 2.08. The lowest BCUT2D eigenvalue weighted by atomic mass is 10.0. The second kappa shape index (κ2) is 7.21. The molecule has 0 amide bonds. The number of nitrogens with one attached hydrogen (secondary N) is 1. The normalized spacial score (nSPS) is 22.9. The largest absolute Gasteiger partial charge is 0.393 e. The van der Waals surface area contributed by atoms with Gasteiger partial charge in [0.25, 0.3) is 0 Å². The smallest absolute Gasteiger partial charge is 0.0552 e. The Hall–Kier alpha value is -0.900. The van der Waals surface area contributed by atoms with Gasteiger partial charge < -0.3 is 15.3 Å². The van der Waals surface area contributed by atoms with Gasteiger partial charge in [0.05, 0.1) is 6.10 Å². The van der Waals surface area contributed by atoms with E-state index in [1.807, 2.05) is 14.0 Å². The molecular formula is C17H28N2O. The number of hydrogen-bond acceptors (Lipinski definition) is 3. The highest BCUT2D eigenvalue weighted by Crippen LogP contribution is 2.22. The van der Waals surface area contributed by atoms with Gasteiger partial charge >= 0.3 is 0 Å². The molecular weight excluding hydrogens is 248 g/mol. The van der Waals surface area contributed by atoms with Crippen LogP contribution in [-0.2, 0) is 0 Å². The van der Waals surface area contributed by atoms with Crippen molar-refractivity contribution in [1.82, 2.24) is 10.2 Å². The average molecular weight is 276 g/mol. The van der Waals surface area contributed by atoms with Gasteiger partial charge in [0.2, 0.25) is 0 Å². The topological polar surface area (TPSA) is 35.5 Å². The third kappa shape index (κ3) is 4.05. The van der Waals surface area contributed by atoms with Crippen LogP contribution >= 0.6 is 0 Å². The van der Waals surface area contributed by atoms with Gasteiger partial charge in [-0.1, -0.05) is 29.8 Å². The lowest BCUT2D eigenvalue weighted by molar-refractivity contribution is 0.127. The van der Waals surface area contributed by atoms with Gasteiger partial charge in [0, 0.05) is 12.6 Å². The molecule has 1 aliphatic heterocycles. The zero-order valence-electron chi connectivity index (χ0n) is 13.0. The zero-order valence-corrected chi connectivity index (χ0v) is 13.0. The van der Waals surface area contributed by atoms with Gasteiger partial charge in [-0.25, -0.2) is 0 Å². The molecule has 1 saturated heterocycles. The number of benzene rings is 1. The number of likely N-dealkylation sites (tertiary alicyclic amines) is 1. The van der Waals surface area contributed by atoms with E-state index < -0.39 is 0 Å². The molecule has 1 heterocycles. The number of aliphatic hydroxyl groups is 1. The fraction of sp³-hybridized carbons (Fsp3) is 0.647. The summed E-state index contributed by atoms with van der Waals surface area (Å²) in [5.41, 5.74) is 2.67. The molecule has 1 aromatic carbocycles. The van der Waals surface area contributed by atoms with E-state index in [1.165, 1.54) is 11.1 Å². The molecule has 20 heavy (non-hydrogen) atoms. The fourth-order valence-electron chi connectivity index (χ4n) is 3.05. The molecule has 0 aromatic heterocycles. The molecule has 0 spiro atoms. The maximum Gasteiger partial charge on any atom is 0.0552 e. The van der Waals surface area contributed by atoms with Crippen molar-refractivity contribution < 1.29 is 5.11 Å². The molecule has 3 unspecified atom stereocenters. The summed E-state index contributed by atoms with van der Waals surface area (Å²) in [4.78, 5) is 2.48. The van der Waals surface area contributed by atoms with Gasteiger partial charge in [-0.3, -0.25) is 0 Å². The molecule has 0 bridgehead atoms. The van der Waals surface area contributed by atoms with Gasteiger partial charge in [0.1, 0.15) is 0 Å². The second-order valence-corrected chi connectivity index (χ2v) is 6.13. The van der Waals surface area contributed by atoms with Gasteiger partial charge in [-0.05, 0) is 58.3 Å². The average Bonchev–Trinajstić information content (AvgIpc) is 2.90. The molecule has 1 fully saturated rings. The van der Waals surface area contributed by atoms with Crippen LogP contribution < -0.4 is 5.32 Å². The van der Waals surface area contributed by atoms with Crippen LogP contribution in [0.15, 0.2) is 24.3 Å². The zero-order chi connectivity index (χ0) is 14.5. The van der Waals surface area contributed by atoms with Gasteiger partial charge in [-0.2, -0.15) is 0 Å². The van der Waals surface area contributed by atoms with E-state index in [2.05, 4.69) is 41.4 Å². The predicted octanol–water partition coefficient (Wildman–Crippen LogP) is 2.35. The van der Waals surface area contributed by atoms with Crippen molar-refractivity contribution >= 4 is 0 Å². The minimum Gasteiger partial charge on any atom is -0.393 e. The lowest BCUT2D eigenvalue weighted by Gasteiger charge is -2.22. The maximum absolute atomic E-state index is 9.66. The Morgan fingerprint density at radius 3 is 2.60 bits per heavy atom. The van der Waals surface area contributed by atoms with Crippen molar-refractivity contribution in [2.75, 3.05) is 26.7 Å². The molecule has 3 heteroatoms. The first kappa shape index (κ1) is 15.5. The van der Waals surface area contributed by atoms with Crippen molar-refractivity contribution in [3.63, 3.8) is 0 Å². The Bertz CT molecular complexity index is 402. The minimum absolute atomic E-state index is 0.169. The van der Waals surface area contributed by atoms with Crippen LogP contribution in [0.1, 0.15) is 36.9 Å². The molecule has 0 radical (unpaired) electrons. The number of aryl methyl sites for hydroxylation is 1. The quantitative estimate of drug-likeness (QED) is 0.837. The molecule has 3 nitrogen and oxygen atoms in total. The van der Waals surface area contributed by atoms with Crippen LogP contribution in [-0.4, -0.2) is 42.8 Å². The molecule has 2 N–H and O–H groups in total. The van der Waals surface area contributed by atoms with Gasteiger partial charge in [0.15, 0.2) is 0 Å². The van der Waals surface area contributed by atoms with Crippen LogP contribution in [0, 0.1) is 12.8 Å². The van der Waals surface area contributed by atoms with Crippen molar-refractivity contribution in [3.8, 4) is 0 Å². The molecule has 0 saturated carbocycles. The standard InChI is InChI=1S/C17H28N2O/c1-13-4-6-15(7-5-13)17(18-3)9-11-19-10-8-16(12-19)14(2)20/h4-7,14,16-18,20H,8-12H2,1-3H3. The first-order chi connectivity index (χ1) is 9.60. The van der Waals surface area contributed by atoms with Crippen molar-refractivity contribution in [1.29, 1.82) is 0 Å². The fourth-order valence-corrected chi connectivity index (χ4v) is 3.05. The van der Waals surface area contributed by atoms with E-state index in [0.717, 1.165) is 32.5 Å². The number of rotatable bonds is 6. The summed E-state index contributed by atoms with van der Waals surface area (Å²) < 4.78 is 0. The van der Waals surface area contributed by atoms with Crippen LogP contribution in [0.2, 0.25) is 0 Å². The van der Waals surface area contributed by atoms with Crippen LogP contribution in [0.3, 0.4) is 0 Å². The van der Waals surface area contributed by atoms with E-state index in [4.69, 9.17) is 0 Å². The number of hydrogen-bond donors (Lipinski definition) is 2. The molecule has 1 aromatic rings. The minimum atomic E-state index is -0.169. The monoisotopic (exact) mass is 276 g/mol. The summed E-state index contributed by atoms with van der Waals surface area (Å²) in [7, 11) is 2.03. The van der Waals surface area contributed by atoms with Gasteiger partial charge in [-0.15, -0.1) is 0 Å². The Morgan fingerprint density at radius 2 is 2.05 bits per heavy atom. The number of nitrogens with zero attached hydrogens (tertiary/aromatic N) is 1. The highest BCUT2D eigenvalue weighted by atomic mass is 16.3. The summed E-state index contributed by atoms with van der Waals surface area (Å²) in [6.45, 7) is 7.31. The van der Waals surface area contributed by atoms with Crippen molar-refractivity contribution in [2.24, 2.45) is 5.92 Å². The molecule has 0 aliphatic carbocycles. The van der Waals surface area contributed by atoms with Crippen LogP contribution in [0.4, 0.5) is 0 Å². The Labute approximate surface area is 123 Å². The second-order valence-electron chi connectivity index (χ2n) is 6.13. The Morgan fingerprint density at radius 1 is 1.35 bits per heavy atom. The van der Waals surface area contributed by atoms with Crippen LogP contribution in [0.25, 0.3) is 0 Å². The van der Waals surface area contributed by atoms with Crippen LogP contribution in [0.5, 0.6) is 0 Å². The molecule has 2 rings (SSSR count). The van der Waals surface area contributed by atoms with E-state index in [-0.39, 0.29) is 6.10 Å². The van der Waals surface area contributed by atoms with E-state index >= 15 is 0 Å². The summed E-state index contributed by atoms with van der Waals surface area (Å²) in [5, 5.41) is 13.1. The Kier molecular flexibility index (Phi) is 5.58. The highest BCUT2D eigenvalue weighted by Gasteiger charge is 2.26. The first-order valence-corrected chi connectivity index (χ1v) is 7.74. The summed E-state index contributed by atoms with van der Waals surface area (Å²) in [5.74, 6) is 0.461. The highest BCUT2D eigenvalue weighted by molar-refractivity contribution is 5.24. The van der Waals surface area contributed by atoms with E-state index in [0.29, 0.717) is 12.0 Å². The lowest BCUT2D eigenvalue weighted by Crippen LogP contribution is -2.28. The van der Waals surface area contributed by atoms with E-state index in [1.54, 1.807) is 0 Å². The van der Waals surface area contributed by atoms with Crippen molar-refractivity contribution in [3.05, 3.63) is 35.4 Å². The third-order valence-electron chi connectivity index (χ3n) is 4.55. The first-order valence-electron chi connectivity index (χ1n) is 7.74. The van der Waals surface area contributed by atoms with Crippen molar-refractivity contribution in [2.45, 2.75) is 38.8 Å². The predicted molar refractivity (Wildman–Crippen MR) is 83.8 cm³/mol. The van der Waals surface area contributed by atoms with E-state index in [9.17, 15) is 5.11 Å². The SMILES string of the molecule is CNC(CCN1CCC(C(C)O)C1)c1ccc(C)cc1. The number of aliphatic hydroxyl groups excluding tert-OH is 1. The summed E-state index contributed by atoms with van der Waals surface area (Å²) in [6, 6.07) is 9.22. The molecule has 112 valence electrons. The molecule has 1 aliphatic rings. The Balaban J connectivity index is 1.84. The molecule has 3 atom stereocenters. The maximum atomic E-state index is 9.66.